The molecule has 174 valence electrons. The van der Waals surface area contributed by atoms with Crippen molar-refractivity contribution >= 4 is 11.8 Å². The van der Waals surface area contributed by atoms with Crippen molar-refractivity contribution in [2.45, 2.75) is 95.6 Å². The van der Waals surface area contributed by atoms with E-state index in [1.54, 1.807) is 12.1 Å². The van der Waals surface area contributed by atoms with E-state index in [9.17, 15) is 14.0 Å². The molecule has 5 aliphatic rings. The van der Waals surface area contributed by atoms with Crippen molar-refractivity contribution in [3.05, 3.63) is 35.6 Å². The van der Waals surface area contributed by atoms with Crippen LogP contribution in [0.15, 0.2) is 24.3 Å². The van der Waals surface area contributed by atoms with Crippen molar-refractivity contribution in [1.29, 1.82) is 0 Å². The van der Waals surface area contributed by atoms with E-state index < -0.39 is 5.54 Å². The van der Waals surface area contributed by atoms with Crippen molar-refractivity contribution in [3.8, 4) is 0 Å². The topological polar surface area (TPSA) is 58.2 Å². The van der Waals surface area contributed by atoms with Gasteiger partial charge in [-0.3, -0.25) is 9.59 Å². The first kappa shape index (κ1) is 21.9. The van der Waals surface area contributed by atoms with Crippen LogP contribution in [-0.2, 0) is 16.0 Å². The van der Waals surface area contributed by atoms with Crippen LogP contribution in [0.3, 0.4) is 0 Å². The fourth-order valence-corrected chi connectivity index (χ4v) is 8.09. The molecule has 6 rings (SSSR count). The molecule has 1 saturated heterocycles. The summed E-state index contributed by atoms with van der Waals surface area (Å²) in [7, 11) is 0. The molecule has 0 unspecified atom stereocenters. The van der Waals surface area contributed by atoms with Gasteiger partial charge in [0.05, 0.1) is 0 Å². The number of carbonyl (C=O) groups excluding carboxylic acids is 2. The fourth-order valence-electron chi connectivity index (χ4n) is 8.09. The second kappa shape index (κ2) is 8.46. The van der Waals surface area contributed by atoms with Crippen molar-refractivity contribution in [2.24, 2.45) is 23.2 Å². The Kier molecular flexibility index (Phi) is 5.79. The van der Waals surface area contributed by atoms with E-state index in [0.29, 0.717) is 31.1 Å². The minimum absolute atomic E-state index is 0.0486. The van der Waals surface area contributed by atoms with E-state index in [2.05, 4.69) is 17.6 Å². The van der Waals surface area contributed by atoms with E-state index in [1.807, 2.05) is 0 Å². The van der Waals surface area contributed by atoms with E-state index in [4.69, 9.17) is 0 Å². The van der Waals surface area contributed by atoms with Crippen LogP contribution >= 0.6 is 0 Å². The Hall–Kier alpha value is -1.91. The van der Waals surface area contributed by atoms with Gasteiger partial charge >= 0.3 is 0 Å². The van der Waals surface area contributed by atoms with Gasteiger partial charge < -0.3 is 10.6 Å². The maximum absolute atomic E-state index is 13.3. The zero-order valence-corrected chi connectivity index (χ0v) is 19.3. The number of benzene rings is 1. The van der Waals surface area contributed by atoms with Crippen LogP contribution in [-0.4, -0.2) is 23.4 Å². The lowest BCUT2D eigenvalue weighted by Gasteiger charge is -2.59. The second-order valence-corrected chi connectivity index (χ2v) is 11.4. The average Bonchev–Trinajstić information content (AvgIpc) is 3.12. The number of nitrogens with one attached hydrogen (secondary N) is 2. The molecular weight excluding hydrogens is 403 g/mol. The Balaban J connectivity index is 1.22. The smallest absolute Gasteiger partial charge is 0.220 e. The van der Waals surface area contributed by atoms with Gasteiger partial charge in [0.15, 0.2) is 0 Å². The van der Waals surface area contributed by atoms with Crippen LogP contribution in [0.2, 0.25) is 0 Å². The molecule has 2 atom stereocenters. The minimum atomic E-state index is -0.408. The first-order chi connectivity index (χ1) is 15.4. The van der Waals surface area contributed by atoms with Gasteiger partial charge in [-0.1, -0.05) is 19.1 Å². The summed E-state index contributed by atoms with van der Waals surface area (Å²) in [5.41, 5.74) is 0.898. The molecule has 1 heterocycles. The van der Waals surface area contributed by atoms with Gasteiger partial charge in [0.25, 0.3) is 0 Å². The molecule has 4 bridgehead atoms. The van der Waals surface area contributed by atoms with Crippen molar-refractivity contribution in [1.82, 2.24) is 10.6 Å². The fraction of sp³-hybridized carbons (Fsp3) is 0.704. The molecule has 2 amide bonds. The highest BCUT2D eigenvalue weighted by Crippen LogP contribution is 2.61. The average molecular weight is 441 g/mol. The van der Waals surface area contributed by atoms with Gasteiger partial charge in [0.1, 0.15) is 5.82 Å². The predicted octanol–water partition coefficient (Wildman–Crippen LogP) is 4.91. The molecule has 0 spiro atoms. The van der Waals surface area contributed by atoms with Gasteiger partial charge in [0.2, 0.25) is 11.8 Å². The third kappa shape index (κ3) is 4.32. The largest absolute Gasteiger partial charge is 0.353 e. The molecule has 1 aromatic carbocycles. The molecule has 32 heavy (non-hydrogen) atoms. The minimum Gasteiger partial charge on any atom is -0.353 e. The number of amides is 2. The molecule has 2 N–H and O–H groups in total. The van der Waals surface area contributed by atoms with Crippen LogP contribution in [0.5, 0.6) is 0 Å². The van der Waals surface area contributed by atoms with Crippen molar-refractivity contribution < 1.29 is 14.0 Å². The predicted molar refractivity (Wildman–Crippen MR) is 122 cm³/mol. The van der Waals surface area contributed by atoms with Crippen LogP contribution in [0, 0.1) is 29.0 Å². The summed E-state index contributed by atoms with van der Waals surface area (Å²) in [6.45, 7) is 2.22. The maximum atomic E-state index is 13.3. The van der Waals surface area contributed by atoms with E-state index in [1.165, 1.54) is 50.7 Å². The maximum Gasteiger partial charge on any atom is 0.220 e. The Morgan fingerprint density at radius 3 is 2.28 bits per heavy atom. The lowest BCUT2D eigenvalue weighted by molar-refractivity contribution is -0.127. The van der Waals surface area contributed by atoms with Crippen LogP contribution < -0.4 is 10.6 Å². The molecule has 0 radical (unpaired) electrons. The zero-order valence-electron chi connectivity index (χ0n) is 19.3. The summed E-state index contributed by atoms with van der Waals surface area (Å²) in [6.07, 6.45) is 12.0. The second-order valence-electron chi connectivity index (χ2n) is 11.4. The Morgan fingerprint density at radius 2 is 1.75 bits per heavy atom. The Morgan fingerprint density at radius 1 is 1.12 bits per heavy atom. The van der Waals surface area contributed by atoms with Gasteiger partial charge in [0, 0.05) is 24.4 Å². The third-order valence-corrected chi connectivity index (χ3v) is 9.09. The molecule has 4 nitrogen and oxygen atoms in total. The molecule has 1 aromatic rings. The SMILES string of the molecule is CC[C@@H](NC(=O)CC[C@@]1(Cc2ccc(F)cc2)CCC(=O)N1)C12CC3CC(CC(C3)C1)C2. The summed E-state index contributed by atoms with van der Waals surface area (Å²) in [5, 5.41) is 6.60. The Labute approximate surface area is 191 Å². The van der Waals surface area contributed by atoms with Crippen LogP contribution in [0.25, 0.3) is 0 Å². The Bertz CT molecular complexity index is 832. The highest BCUT2D eigenvalue weighted by atomic mass is 19.1. The zero-order chi connectivity index (χ0) is 22.3. The molecule has 0 aromatic heterocycles. The highest BCUT2D eigenvalue weighted by Gasteiger charge is 2.54. The highest BCUT2D eigenvalue weighted by molar-refractivity contribution is 5.80. The van der Waals surface area contributed by atoms with Crippen LogP contribution in [0.4, 0.5) is 4.39 Å². The molecule has 4 aliphatic carbocycles. The summed E-state index contributed by atoms with van der Waals surface area (Å²) in [4.78, 5) is 25.2. The summed E-state index contributed by atoms with van der Waals surface area (Å²) in [6, 6.07) is 6.76. The number of hydrogen-bond acceptors (Lipinski definition) is 2. The summed E-state index contributed by atoms with van der Waals surface area (Å²) in [5.74, 6) is 2.53. The number of hydrogen-bond donors (Lipinski definition) is 2. The van der Waals surface area contributed by atoms with Gasteiger partial charge in [-0.05, 0) is 105 Å². The third-order valence-electron chi connectivity index (χ3n) is 9.09. The van der Waals surface area contributed by atoms with E-state index in [-0.39, 0.29) is 23.7 Å². The number of halogens is 1. The lowest BCUT2D eigenvalue weighted by atomic mass is 9.47. The molecule has 5 fully saturated rings. The normalized spacial score (nSPS) is 36.2. The van der Waals surface area contributed by atoms with E-state index in [0.717, 1.165) is 36.2 Å². The quantitative estimate of drug-likeness (QED) is 0.604. The summed E-state index contributed by atoms with van der Waals surface area (Å²) < 4.78 is 13.3. The standard InChI is InChI=1S/C27H37FN2O2/c1-2-23(26-14-19-11-20(15-26)13-21(12-19)16-26)29-24(31)7-9-27(10-8-25(32)30-27)17-18-3-5-22(28)6-4-18/h3-6,19-21,23H,2,7-17H2,1H3,(H,29,31)(H,30,32)/t19?,20?,21?,23-,26?,27+/m1/s1. The first-order valence-electron chi connectivity index (χ1n) is 12.7. The van der Waals surface area contributed by atoms with Crippen molar-refractivity contribution in [3.63, 3.8) is 0 Å². The number of carbonyl (C=O) groups is 2. The monoisotopic (exact) mass is 440 g/mol. The van der Waals surface area contributed by atoms with Gasteiger partial charge in [-0.15, -0.1) is 0 Å². The van der Waals surface area contributed by atoms with Gasteiger partial charge in [-0.25, -0.2) is 4.39 Å². The van der Waals surface area contributed by atoms with Crippen molar-refractivity contribution in [2.75, 3.05) is 0 Å². The lowest BCUT2D eigenvalue weighted by Crippen LogP contribution is -2.56. The molecule has 1 aliphatic heterocycles. The number of rotatable bonds is 8. The molecule has 4 saturated carbocycles. The van der Waals surface area contributed by atoms with Crippen LogP contribution in [0.1, 0.15) is 83.1 Å². The summed E-state index contributed by atoms with van der Waals surface area (Å²) >= 11 is 0. The first-order valence-corrected chi connectivity index (χ1v) is 12.7. The molecule has 5 heteroatoms. The van der Waals surface area contributed by atoms with E-state index >= 15 is 0 Å². The molecular formula is C27H37FN2O2. The van der Waals surface area contributed by atoms with Gasteiger partial charge in [-0.2, -0.15) is 0 Å².